The molecule has 8 heteroatoms. The molecule has 0 unspecified atom stereocenters. The number of benzene rings is 1. The Morgan fingerprint density at radius 2 is 2.15 bits per heavy atom. The average molecular weight is 359 g/mol. The number of nitrogen functional groups attached to an aromatic ring is 1. The van der Waals surface area contributed by atoms with Crippen LogP contribution < -0.4 is 10.5 Å². The zero-order valence-corrected chi connectivity index (χ0v) is 13.5. The van der Waals surface area contributed by atoms with Crippen molar-refractivity contribution < 1.29 is 8.42 Å². The van der Waals surface area contributed by atoms with E-state index in [0.717, 1.165) is 10.0 Å². The lowest BCUT2D eigenvalue weighted by molar-refractivity contribution is 0.592. The number of aryl methyl sites for hydroxylation is 2. The van der Waals surface area contributed by atoms with Crippen LogP contribution >= 0.6 is 15.9 Å². The largest absolute Gasteiger partial charge is 0.381 e. The summed E-state index contributed by atoms with van der Waals surface area (Å²) in [6, 6.07) is 5.38. The van der Waals surface area contributed by atoms with Crippen molar-refractivity contribution in [3.63, 3.8) is 0 Å². The Labute approximate surface area is 126 Å². The summed E-state index contributed by atoms with van der Waals surface area (Å²) < 4.78 is 29.6. The van der Waals surface area contributed by atoms with Gasteiger partial charge in [-0.15, -0.1) is 0 Å². The number of rotatable bonds is 4. The summed E-state index contributed by atoms with van der Waals surface area (Å²) in [4.78, 5) is 3.79. The van der Waals surface area contributed by atoms with E-state index in [1.165, 1.54) is 10.9 Å². The van der Waals surface area contributed by atoms with Crippen LogP contribution in [-0.2, 0) is 23.5 Å². The molecule has 1 aromatic heterocycles. The summed E-state index contributed by atoms with van der Waals surface area (Å²) in [5.74, 6) is -0.0184. The van der Waals surface area contributed by atoms with E-state index >= 15 is 0 Å². The molecule has 6 nitrogen and oxygen atoms in total. The number of sulfonamides is 1. The topological polar surface area (TPSA) is 90.0 Å². The molecule has 20 heavy (non-hydrogen) atoms. The molecule has 0 aliphatic rings. The van der Waals surface area contributed by atoms with Crippen molar-refractivity contribution in [1.29, 1.82) is 0 Å². The van der Waals surface area contributed by atoms with Crippen LogP contribution in [0.3, 0.4) is 0 Å². The number of nitrogens with one attached hydrogen (secondary N) is 1. The first-order valence-corrected chi connectivity index (χ1v) is 8.20. The van der Waals surface area contributed by atoms with Gasteiger partial charge in [-0.05, 0) is 30.2 Å². The quantitative estimate of drug-likeness (QED) is 0.875. The Morgan fingerprint density at radius 1 is 1.45 bits per heavy atom. The van der Waals surface area contributed by atoms with E-state index in [-0.39, 0.29) is 10.8 Å². The van der Waals surface area contributed by atoms with E-state index in [2.05, 4.69) is 25.6 Å². The Balaban J connectivity index is 2.44. The third-order valence-electron chi connectivity index (χ3n) is 2.86. The van der Waals surface area contributed by atoms with Gasteiger partial charge in [0.15, 0.2) is 10.8 Å². The zero-order valence-electron chi connectivity index (χ0n) is 11.1. The molecule has 1 heterocycles. The molecular weight excluding hydrogens is 344 g/mol. The molecule has 0 spiro atoms. The van der Waals surface area contributed by atoms with Gasteiger partial charge < -0.3 is 10.3 Å². The molecule has 0 aliphatic carbocycles. The van der Waals surface area contributed by atoms with Crippen LogP contribution in [-0.4, -0.2) is 18.0 Å². The molecule has 2 rings (SSSR count). The SMILES string of the molecule is CCc1cc(Br)ccc1NS(=O)(=O)c1c(N)ncn1C. The zero-order chi connectivity index (χ0) is 14.9. The van der Waals surface area contributed by atoms with Crippen LogP contribution in [0.1, 0.15) is 12.5 Å². The van der Waals surface area contributed by atoms with E-state index in [1.807, 2.05) is 13.0 Å². The molecule has 0 aliphatic heterocycles. The van der Waals surface area contributed by atoms with Gasteiger partial charge in [-0.25, -0.2) is 4.98 Å². The van der Waals surface area contributed by atoms with Gasteiger partial charge in [0.05, 0.1) is 12.0 Å². The number of aromatic nitrogens is 2. The third kappa shape index (κ3) is 2.80. The second-order valence-corrected chi connectivity index (χ2v) is 6.82. The molecule has 0 bridgehead atoms. The number of hydrogen-bond donors (Lipinski definition) is 2. The number of halogens is 1. The molecule has 0 saturated carbocycles. The van der Waals surface area contributed by atoms with Crippen LogP contribution in [0.4, 0.5) is 11.5 Å². The fraction of sp³-hybridized carbons (Fsp3) is 0.250. The van der Waals surface area contributed by atoms with Crippen LogP contribution in [0.5, 0.6) is 0 Å². The van der Waals surface area contributed by atoms with Crippen molar-refractivity contribution in [2.75, 3.05) is 10.5 Å². The maximum atomic E-state index is 12.4. The van der Waals surface area contributed by atoms with Gasteiger partial charge in [0, 0.05) is 11.5 Å². The smallest absolute Gasteiger partial charge is 0.281 e. The summed E-state index contributed by atoms with van der Waals surface area (Å²) >= 11 is 3.37. The van der Waals surface area contributed by atoms with Crippen molar-refractivity contribution in [2.45, 2.75) is 18.4 Å². The van der Waals surface area contributed by atoms with Crippen molar-refractivity contribution in [2.24, 2.45) is 7.05 Å². The predicted molar refractivity (Wildman–Crippen MR) is 81.9 cm³/mol. The molecule has 0 amide bonds. The van der Waals surface area contributed by atoms with Gasteiger partial charge in [-0.2, -0.15) is 8.42 Å². The van der Waals surface area contributed by atoms with Crippen LogP contribution in [0, 0.1) is 0 Å². The molecule has 0 radical (unpaired) electrons. The number of anilines is 2. The molecule has 2 aromatic rings. The standard InChI is InChI=1S/C12H15BrN4O2S/c1-3-8-6-9(13)4-5-10(8)16-20(18,19)12-11(14)15-7-17(12)2/h4-7,16H,3,14H2,1-2H3. The second kappa shape index (κ2) is 5.45. The predicted octanol–water partition coefficient (Wildman–Crippen LogP) is 2.13. The van der Waals surface area contributed by atoms with E-state index in [4.69, 9.17) is 5.73 Å². The lowest BCUT2D eigenvalue weighted by atomic mass is 10.1. The lowest BCUT2D eigenvalue weighted by Crippen LogP contribution is -2.18. The normalized spacial score (nSPS) is 11.6. The maximum absolute atomic E-state index is 12.4. The van der Waals surface area contributed by atoms with Gasteiger partial charge in [0.25, 0.3) is 10.0 Å². The number of imidazole rings is 1. The van der Waals surface area contributed by atoms with Crippen molar-refractivity contribution in [1.82, 2.24) is 9.55 Å². The highest BCUT2D eigenvalue weighted by Crippen LogP contribution is 2.25. The first kappa shape index (κ1) is 14.9. The highest BCUT2D eigenvalue weighted by Gasteiger charge is 2.23. The minimum atomic E-state index is -3.77. The van der Waals surface area contributed by atoms with Crippen LogP contribution in [0.15, 0.2) is 34.0 Å². The summed E-state index contributed by atoms with van der Waals surface area (Å²) in [5.41, 5.74) is 7.05. The number of hydrogen-bond acceptors (Lipinski definition) is 4. The van der Waals surface area contributed by atoms with Gasteiger partial charge in [-0.3, -0.25) is 4.72 Å². The van der Waals surface area contributed by atoms with Gasteiger partial charge in [0.1, 0.15) is 0 Å². The molecular formula is C12H15BrN4O2S. The molecule has 3 N–H and O–H groups in total. The molecule has 0 saturated heterocycles. The van der Waals surface area contributed by atoms with Gasteiger partial charge in [0.2, 0.25) is 0 Å². The van der Waals surface area contributed by atoms with Crippen molar-refractivity contribution in [3.8, 4) is 0 Å². The molecule has 108 valence electrons. The Hall–Kier alpha value is -1.54. The van der Waals surface area contributed by atoms with E-state index in [0.29, 0.717) is 12.1 Å². The first-order chi connectivity index (χ1) is 9.35. The van der Waals surface area contributed by atoms with Crippen molar-refractivity contribution >= 4 is 37.5 Å². The second-order valence-electron chi connectivity index (χ2n) is 4.31. The highest BCUT2D eigenvalue weighted by molar-refractivity contribution is 9.10. The average Bonchev–Trinajstić information content (AvgIpc) is 2.71. The fourth-order valence-electron chi connectivity index (χ4n) is 1.91. The fourth-order valence-corrected chi connectivity index (χ4v) is 3.66. The Morgan fingerprint density at radius 3 is 2.70 bits per heavy atom. The van der Waals surface area contributed by atoms with E-state index in [9.17, 15) is 8.42 Å². The summed E-state index contributed by atoms with van der Waals surface area (Å²) in [6.45, 7) is 1.96. The summed E-state index contributed by atoms with van der Waals surface area (Å²) in [5, 5.41) is -0.0394. The third-order valence-corrected chi connectivity index (χ3v) is 4.84. The molecule has 1 aromatic carbocycles. The van der Waals surface area contributed by atoms with Crippen LogP contribution in [0.25, 0.3) is 0 Å². The summed E-state index contributed by atoms with van der Waals surface area (Å²) in [6.07, 6.45) is 2.07. The van der Waals surface area contributed by atoms with Gasteiger partial charge in [-0.1, -0.05) is 22.9 Å². The van der Waals surface area contributed by atoms with E-state index < -0.39 is 10.0 Å². The minimum absolute atomic E-state index is 0.0184. The van der Waals surface area contributed by atoms with Crippen molar-refractivity contribution in [3.05, 3.63) is 34.6 Å². The maximum Gasteiger partial charge on any atom is 0.281 e. The lowest BCUT2D eigenvalue weighted by Gasteiger charge is -2.12. The first-order valence-electron chi connectivity index (χ1n) is 5.93. The molecule has 0 atom stereocenters. The van der Waals surface area contributed by atoms with Gasteiger partial charge >= 0.3 is 0 Å². The minimum Gasteiger partial charge on any atom is -0.381 e. The highest BCUT2D eigenvalue weighted by atomic mass is 79.9. The Bertz CT molecular complexity index is 720. The van der Waals surface area contributed by atoms with Crippen LogP contribution in [0.2, 0.25) is 0 Å². The number of nitrogens with zero attached hydrogens (tertiary/aromatic N) is 2. The monoisotopic (exact) mass is 358 g/mol. The Kier molecular flexibility index (Phi) is 4.05. The summed E-state index contributed by atoms with van der Waals surface area (Å²) in [7, 11) is -2.18. The number of nitrogens with two attached hydrogens (primary N) is 1. The molecule has 0 fully saturated rings. The van der Waals surface area contributed by atoms with E-state index in [1.54, 1.807) is 19.2 Å².